The Hall–Kier alpha value is -2.78. The van der Waals surface area contributed by atoms with Crippen LogP contribution in [0.2, 0.25) is 0 Å². The second-order valence-corrected chi connectivity index (χ2v) is 8.11. The van der Waals surface area contributed by atoms with Crippen LogP contribution in [0.1, 0.15) is 22.8 Å². The molecule has 4 rings (SSSR count). The van der Waals surface area contributed by atoms with Crippen LogP contribution < -0.4 is 5.32 Å². The second kappa shape index (κ2) is 8.94. The van der Waals surface area contributed by atoms with Gasteiger partial charge in [0.2, 0.25) is 11.0 Å². The third-order valence-corrected chi connectivity index (χ3v) is 5.80. The molecule has 0 spiro atoms. The highest BCUT2D eigenvalue weighted by Gasteiger charge is 2.10. The Labute approximate surface area is 169 Å². The summed E-state index contributed by atoms with van der Waals surface area (Å²) in [6, 6.07) is 16.4. The van der Waals surface area contributed by atoms with Crippen molar-refractivity contribution in [1.29, 1.82) is 0 Å². The van der Waals surface area contributed by atoms with Gasteiger partial charge in [-0.15, -0.1) is 10.2 Å². The van der Waals surface area contributed by atoms with Gasteiger partial charge in [-0.2, -0.15) is 4.98 Å². The summed E-state index contributed by atoms with van der Waals surface area (Å²) >= 11 is 2.95. The van der Waals surface area contributed by atoms with Crippen molar-refractivity contribution >= 4 is 28.2 Å². The van der Waals surface area contributed by atoms with E-state index in [1.807, 2.05) is 30.3 Å². The molecule has 4 aromatic rings. The third kappa shape index (κ3) is 5.14. The van der Waals surface area contributed by atoms with Gasteiger partial charge in [0.25, 0.3) is 0 Å². The summed E-state index contributed by atoms with van der Waals surface area (Å²) in [5.41, 5.74) is 2.12. The molecule has 0 radical (unpaired) electrons. The molecule has 0 amide bonds. The Kier molecular flexibility index (Phi) is 5.93. The summed E-state index contributed by atoms with van der Waals surface area (Å²) in [7, 11) is 0. The van der Waals surface area contributed by atoms with Gasteiger partial charge in [-0.1, -0.05) is 70.7 Å². The van der Waals surface area contributed by atoms with Crippen molar-refractivity contribution in [2.24, 2.45) is 0 Å². The smallest absolute Gasteiger partial charge is 0.237 e. The Morgan fingerprint density at radius 1 is 1.00 bits per heavy atom. The van der Waals surface area contributed by atoms with E-state index in [2.05, 4.69) is 25.7 Å². The van der Waals surface area contributed by atoms with Crippen molar-refractivity contribution in [2.75, 3.05) is 5.32 Å². The topological polar surface area (TPSA) is 76.7 Å². The number of rotatable bonds is 8. The van der Waals surface area contributed by atoms with Crippen LogP contribution in [-0.2, 0) is 18.7 Å². The summed E-state index contributed by atoms with van der Waals surface area (Å²) in [4.78, 5) is 4.42. The first-order valence-corrected chi connectivity index (χ1v) is 10.3. The van der Waals surface area contributed by atoms with Gasteiger partial charge in [0.15, 0.2) is 10.2 Å². The molecule has 2 aromatic carbocycles. The molecule has 0 aliphatic heterocycles. The van der Waals surface area contributed by atoms with Gasteiger partial charge in [0.1, 0.15) is 5.82 Å². The minimum absolute atomic E-state index is 0.244. The summed E-state index contributed by atoms with van der Waals surface area (Å²) < 4.78 is 19.0. The van der Waals surface area contributed by atoms with Crippen LogP contribution in [0.4, 0.5) is 9.52 Å². The number of nitrogens with zero attached hydrogens (tertiary/aromatic N) is 4. The van der Waals surface area contributed by atoms with Crippen LogP contribution >= 0.6 is 23.1 Å². The fraction of sp³-hybridized carbons (Fsp3) is 0.158. The molecule has 0 bridgehead atoms. The first kappa shape index (κ1) is 18.6. The number of benzene rings is 2. The van der Waals surface area contributed by atoms with Crippen LogP contribution in [0.5, 0.6) is 0 Å². The minimum atomic E-state index is -0.244. The fourth-order valence-corrected chi connectivity index (χ4v) is 4.03. The van der Waals surface area contributed by atoms with Crippen LogP contribution in [0.3, 0.4) is 0 Å². The molecule has 0 fully saturated rings. The molecule has 0 atom stereocenters. The lowest BCUT2D eigenvalue weighted by Gasteiger charge is -2.01. The highest BCUT2D eigenvalue weighted by molar-refractivity contribution is 8.00. The first-order valence-electron chi connectivity index (χ1n) is 8.54. The van der Waals surface area contributed by atoms with E-state index in [1.54, 1.807) is 12.1 Å². The molecule has 0 unspecified atom stereocenters. The Balaban J connectivity index is 1.27. The number of hydrogen-bond donors (Lipinski definition) is 1. The average molecular weight is 414 g/mol. The molecular weight excluding hydrogens is 397 g/mol. The van der Waals surface area contributed by atoms with Crippen molar-refractivity contribution in [3.05, 3.63) is 83.3 Å². The van der Waals surface area contributed by atoms with E-state index >= 15 is 0 Å². The van der Waals surface area contributed by atoms with E-state index in [4.69, 9.17) is 4.52 Å². The van der Waals surface area contributed by atoms with Crippen molar-refractivity contribution < 1.29 is 8.91 Å². The Morgan fingerprint density at radius 2 is 1.82 bits per heavy atom. The number of anilines is 1. The molecule has 9 heteroatoms. The maximum atomic E-state index is 12.9. The van der Waals surface area contributed by atoms with E-state index in [9.17, 15) is 4.39 Å². The molecule has 2 heterocycles. The minimum Gasteiger partial charge on any atom is -0.356 e. The number of aromatic nitrogens is 4. The molecule has 6 nitrogen and oxygen atoms in total. The summed E-state index contributed by atoms with van der Waals surface area (Å²) in [5, 5.41) is 16.2. The molecule has 0 aliphatic carbocycles. The molecule has 0 saturated heterocycles. The Bertz CT molecular complexity index is 1020. The summed E-state index contributed by atoms with van der Waals surface area (Å²) in [6.07, 6.45) is 0.644. The fourth-order valence-electron chi connectivity index (χ4n) is 2.44. The van der Waals surface area contributed by atoms with Gasteiger partial charge in [-0.25, -0.2) is 4.39 Å². The maximum absolute atomic E-state index is 12.9. The highest BCUT2D eigenvalue weighted by Crippen LogP contribution is 2.28. The molecule has 2 aromatic heterocycles. The average Bonchev–Trinajstić information content (AvgIpc) is 3.36. The van der Waals surface area contributed by atoms with Crippen LogP contribution in [0, 0.1) is 5.82 Å². The van der Waals surface area contributed by atoms with E-state index in [1.165, 1.54) is 35.2 Å². The monoisotopic (exact) mass is 413 g/mol. The molecule has 0 saturated carbocycles. The lowest BCUT2D eigenvalue weighted by Crippen LogP contribution is -1.98. The van der Waals surface area contributed by atoms with E-state index in [0.717, 1.165) is 15.5 Å². The van der Waals surface area contributed by atoms with E-state index in [-0.39, 0.29) is 5.82 Å². The largest absolute Gasteiger partial charge is 0.356 e. The molecule has 28 heavy (non-hydrogen) atoms. The third-order valence-electron chi connectivity index (χ3n) is 3.80. The standard InChI is InChI=1S/C19H16FN5OS2/c20-15-8-6-14(7-9-15)11-21-18-23-24-19(28-18)27-12-17-22-16(25-26-17)10-13-4-2-1-3-5-13/h1-9H,10-12H2,(H,21,23). The van der Waals surface area contributed by atoms with Crippen LogP contribution in [0.25, 0.3) is 0 Å². The molecule has 142 valence electrons. The van der Waals surface area contributed by atoms with Crippen molar-refractivity contribution in [1.82, 2.24) is 20.3 Å². The van der Waals surface area contributed by atoms with Gasteiger partial charge in [-0.3, -0.25) is 0 Å². The normalized spacial score (nSPS) is 10.9. The van der Waals surface area contributed by atoms with Crippen molar-refractivity contribution in [2.45, 2.75) is 23.1 Å². The Morgan fingerprint density at radius 3 is 2.64 bits per heavy atom. The highest BCUT2D eigenvalue weighted by atomic mass is 32.2. The summed E-state index contributed by atoms with van der Waals surface area (Å²) in [6.45, 7) is 0.562. The number of halogens is 1. The van der Waals surface area contributed by atoms with Gasteiger partial charge >= 0.3 is 0 Å². The van der Waals surface area contributed by atoms with Crippen molar-refractivity contribution in [3.8, 4) is 0 Å². The maximum Gasteiger partial charge on any atom is 0.237 e. The molecule has 0 aliphatic rings. The van der Waals surface area contributed by atoms with Crippen molar-refractivity contribution in [3.63, 3.8) is 0 Å². The predicted molar refractivity (Wildman–Crippen MR) is 107 cm³/mol. The first-order chi connectivity index (χ1) is 13.7. The van der Waals surface area contributed by atoms with Gasteiger partial charge in [0, 0.05) is 13.0 Å². The quantitative estimate of drug-likeness (QED) is 0.425. The lowest BCUT2D eigenvalue weighted by molar-refractivity contribution is 0.386. The predicted octanol–water partition coefficient (Wildman–Crippen LogP) is 4.56. The van der Waals surface area contributed by atoms with Gasteiger partial charge < -0.3 is 9.84 Å². The molecular formula is C19H16FN5OS2. The van der Waals surface area contributed by atoms with Crippen LogP contribution in [0.15, 0.2) is 63.5 Å². The summed E-state index contributed by atoms with van der Waals surface area (Å²) in [5.74, 6) is 1.52. The lowest BCUT2D eigenvalue weighted by atomic mass is 10.1. The van der Waals surface area contributed by atoms with Gasteiger partial charge in [0.05, 0.1) is 5.75 Å². The SMILES string of the molecule is Fc1ccc(CNc2nnc(SCc3nc(Cc4ccccc4)no3)s2)cc1. The number of hydrogen-bond acceptors (Lipinski definition) is 8. The van der Waals surface area contributed by atoms with Crippen LogP contribution in [-0.4, -0.2) is 20.3 Å². The zero-order valence-electron chi connectivity index (χ0n) is 14.7. The second-order valence-electron chi connectivity index (χ2n) is 5.91. The number of thioether (sulfide) groups is 1. The van der Waals surface area contributed by atoms with E-state index < -0.39 is 0 Å². The number of nitrogens with one attached hydrogen (secondary N) is 1. The van der Waals surface area contributed by atoms with E-state index in [0.29, 0.717) is 35.6 Å². The molecule has 1 N–H and O–H groups in total. The zero-order valence-corrected chi connectivity index (χ0v) is 16.3. The van der Waals surface area contributed by atoms with Gasteiger partial charge in [-0.05, 0) is 23.3 Å². The zero-order chi connectivity index (χ0) is 19.2.